The van der Waals surface area contributed by atoms with Crippen LogP contribution in [0.5, 0.6) is 0 Å². The van der Waals surface area contributed by atoms with E-state index in [0.29, 0.717) is 0 Å². The Labute approximate surface area is 125 Å². The van der Waals surface area contributed by atoms with Gasteiger partial charge in [0, 0.05) is 0 Å². The number of Topliss-reactive ketones (excluding diaryl/α,β-unsaturated/α-hetero) is 2. The van der Waals surface area contributed by atoms with Gasteiger partial charge in [0.15, 0.2) is 11.6 Å². The van der Waals surface area contributed by atoms with E-state index < -0.39 is 39.8 Å². The molecular formula is C15H24O6. The highest BCUT2D eigenvalue weighted by Crippen LogP contribution is 2.37. The lowest BCUT2D eigenvalue weighted by Gasteiger charge is -2.34. The van der Waals surface area contributed by atoms with Crippen molar-refractivity contribution in [3.05, 3.63) is 0 Å². The Balaban J connectivity index is 5.69. The second-order valence-corrected chi connectivity index (χ2v) is 6.52. The Morgan fingerprint density at radius 1 is 0.571 bits per heavy atom. The van der Waals surface area contributed by atoms with Crippen LogP contribution in [-0.4, -0.2) is 37.7 Å². The molecule has 0 aromatic heterocycles. The molecule has 0 aliphatic heterocycles. The van der Waals surface area contributed by atoms with Crippen molar-refractivity contribution in [2.45, 2.75) is 41.5 Å². The topological polar surface area (TPSA) is 86.7 Å². The highest BCUT2D eigenvalue weighted by atomic mass is 16.5. The smallest absolute Gasteiger partial charge is 0.318 e. The summed E-state index contributed by atoms with van der Waals surface area (Å²) in [7, 11) is 2.34. The number of carbonyl (C=O) groups is 4. The Kier molecular flexibility index (Phi) is 5.47. The molecular weight excluding hydrogens is 276 g/mol. The third kappa shape index (κ3) is 3.31. The molecule has 0 spiro atoms. The van der Waals surface area contributed by atoms with Gasteiger partial charge in [-0.25, -0.2) is 0 Å². The molecule has 0 aromatic rings. The second-order valence-electron chi connectivity index (χ2n) is 6.52. The predicted molar refractivity (Wildman–Crippen MR) is 75.4 cm³/mol. The van der Waals surface area contributed by atoms with E-state index in [0.717, 1.165) is 0 Å². The zero-order valence-corrected chi connectivity index (χ0v) is 13.9. The zero-order valence-electron chi connectivity index (χ0n) is 13.9. The lowest BCUT2D eigenvalue weighted by molar-refractivity contribution is -0.164. The van der Waals surface area contributed by atoms with Crippen LogP contribution in [0, 0.1) is 16.2 Å². The van der Waals surface area contributed by atoms with Gasteiger partial charge in [-0.2, -0.15) is 0 Å². The SMILES string of the molecule is COC(=O)C(C)(C)C(=O)C(C)(C)C(=O)C(C)(C)C(=O)OC. The Morgan fingerprint density at radius 3 is 1.00 bits per heavy atom. The molecule has 0 aliphatic carbocycles. The van der Waals surface area contributed by atoms with Crippen LogP contribution in [0.15, 0.2) is 0 Å². The molecule has 0 atom stereocenters. The molecule has 0 bridgehead atoms. The summed E-state index contributed by atoms with van der Waals surface area (Å²) in [5.41, 5.74) is -4.50. The number of hydrogen-bond donors (Lipinski definition) is 0. The largest absolute Gasteiger partial charge is 0.468 e. The van der Waals surface area contributed by atoms with Crippen molar-refractivity contribution in [1.82, 2.24) is 0 Å². The minimum atomic E-state index is -1.53. The van der Waals surface area contributed by atoms with E-state index >= 15 is 0 Å². The number of rotatable bonds is 6. The molecule has 0 N–H and O–H groups in total. The Hall–Kier alpha value is -1.72. The summed E-state index contributed by atoms with van der Waals surface area (Å²) in [6.07, 6.45) is 0. The first-order chi connectivity index (χ1) is 9.27. The number of ketones is 2. The maximum Gasteiger partial charge on any atom is 0.318 e. The van der Waals surface area contributed by atoms with Gasteiger partial charge in [0.2, 0.25) is 0 Å². The van der Waals surface area contributed by atoms with Crippen LogP contribution in [-0.2, 0) is 28.7 Å². The van der Waals surface area contributed by atoms with Gasteiger partial charge in [0.25, 0.3) is 0 Å². The molecule has 0 fully saturated rings. The van der Waals surface area contributed by atoms with Gasteiger partial charge in [0.05, 0.1) is 19.6 Å². The van der Waals surface area contributed by atoms with Gasteiger partial charge in [-0.3, -0.25) is 19.2 Å². The molecule has 0 saturated heterocycles. The maximum atomic E-state index is 12.6. The van der Waals surface area contributed by atoms with Gasteiger partial charge < -0.3 is 9.47 Å². The normalized spacial score (nSPS) is 12.6. The first kappa shape index (κ1) is 19.3. The minimum Gasteiger partial charge on any atom is -0.468 e. The fraction of sp³-hybridized carbons (Fsp3) is 0.733. The number of methoxy groups -OCH3 is 2. The van der Waals surface area contributed by atoms with Crippen LogP contribution in [0.1, 0.15) is 41.5 Å². The van der Waals surface area contributed by atoms with Crippen LogP contribution < -0.4 is 0 Å². The number of esters is 2. The van der Waals surface area contributed by atoms with Crippen molar-refractivity contribution in [2.75, 3.05) is 14.2 Å². The van der Waals surface area contributed by atoms with Crippen molar-refractivity contribution in [3.8, 4) is 0 Å². The summed E-state index contributed by atoms with van der Waals surface area (Å²) in [4.78, 5) is 48.7. The third-order valence-corrected chi connectivity index (χ3v) is 3.66. The first-order valence-electron chi connectivity index (χ1n) is 6.54. The monoisotopic (exact) mass is 300 g/mol. The molecule has 0 heterocycles. The van der Waals surface area contributed by atoms with Crippen molar-refractivity contribution in [1.29, 1.82) is 0 Å². The summed E-state index contributed by atoms with van der Waals surface area (Å²) in [6, 6.07) is 0. The van der Waals surface area contributed by atoms with Crippen molar-refractivity contribution in [3.63, 3.8) is 0 Å². The van der Waals surface area contributed by atoms with E-state index in [-0.39, 0.29) is 0 Å². The van der Waals surface area contributed by atoms with Crippen LogP contribution in [0.3, 0.4) is 0 Å². The first-order valence-corrected chi connectivity index (χ1v) is 6.54. The zero-order chi connectivity index (χ0) is 17.2. The minimum absolute atomic E-state index is 0.608. The van der Waals surface area contributed by atoms with E-state index in [2.05, 4.69) is 9.47 Å². The molecule has 0 aliphatic rings. The molecule has 0 amide bonds. The molecule has 0 radical (unpaired) electrons. The highest BCUT2D eigenvalue weighted by molar-refractivity contribution is 6.20. The standard InChI is InChI=1S/C15H24O6/c1-13(2,9(16)14(3,4)11(18)20-7)10(17)15(5,6)12(19)21-8/h1-8H3. The Morgan fingerprint density at radius 2 is 0.810 bits per heavy atom. The van der Waals surface area contributed by atoms with Gasteiger partial charge in [-0.05, 0) is 41.5 Å². The van der Waals surface area contributed by atoms with Gasteiger partial charge in [-0.1, -0.05) is 0 Å². The van der Waals surface area contributed by atoms with Crippen LogP contribution in [0.2, 0.25) is 0 Å². The number of carbonyl (C=O) groups excluding carboxylic acids is 4. The number of ether oxygens (including phenoxy) is 2. The highest BCUT2D eigenvalue weighted by Gasteiger charge is 2.54. The van der Waals surface area contributed by atoms with E-state index in [1.54, 1.807) is 0 Å². The molecule has 21 heavy (non-hydrogen) atoms. The van der Waals surface area contributed by atoms with E-state index in [1.807, 2.05) is 0 Å². The predicted octanol–water partition coefficient (Wildman–Crippen LogP) is 1.55. The summed E-state index contributed by atoms with van der Waals surface area (Å²) >= 11 is 0. The molecule has 0 rings (SSSR count). The van der Waals surface area contributed by atoms with Gasteiger partial charge in [0.1, 0.15) is 10.8 Å². The number of hydrogen-bond acceptors (Lipinski definition) is 6. The van der Waals surface area contributed by atoms with E-state index in [9.17, 15) is 19.2 Å². The van der Waals surface area contributed by atoms with Gasteiger partial charge >= 0.3 is 11.9 Å². The summed E-state index contributed by atoms with van der Waals surface area (Å²) in [5, 5.41) is 0. The lowest BCUT2D eigenvalue weighted by atomic mass is 9.65. The van der Waals surface area contributed by atoms with Crippen molar-refractivity contribution < 1.29 is 28.7 Å². The summed E-state index contributed by atoms with van der Waals surface area (Å²) in [6.45, 7) is 8.35. The molecule has 120 valence electrons. The lowest BCUT2D eigenvalue weighted by Crippen LogP contribution is -2.52. The van der Waals surface area contributed by atoms with Crippen LogP contribution in [0.25, 0.3) is 0 Å². The Bertz CT molecular complexity index is 429. The average Bonchev–Trinajstić information content (AvgIpc) is 2.42. The van der Waals surface area contributed by atoms with Crippen LogP contribution >= 0.6 is 0 Å². The quantitative estimate of drug-likeness (QED) is 0.546. The molecule has 0 aromatic carbocycles. The fourth-order valence-corrected chi connectivity index (χ4v) is 2.36. The molecule has 0 saturated carbocycles. The average molecular weight is 300 g/mol. The van der Waals surface area contributed by atoms with E-state index in [1.165, 1.54) is 55.8 Å². The molecule has 6 nitrogen and oxygen atoms in total. The maximum absolute atomic E-state index is 12.6. The fourth-order valence-electron chi connectivity index (χ4n) is 2.36. The van der Waals surface area contributed by atoms with E-state index in [4.69, 9.17) is 0 Å². The van der Waals surface area contributed by atoms with Crippen molar-refractivity contribution in [2.24, 2.45) is 16.2 Å². The van der Waals surface area contributed by atoms with Crippen LogP contribution in [0.4, 0.5) is 0 Å². The summed E-state index contributed by atoms with van der Waals surface area (Å²) in [5.74, 6) is -2.68. The van der Waals surface area contributed by atoms with Crippen molar-refractivity contribution >= 4 is 23.5 Å². The summed E-state index contributed by atoms with van der Waals surface area (Å²) < 4.78 is 9.21. The molecule has 0 unspecified atom stereocenters. The van der Waals surface area contributed by atoms with Gasteiger partial charge in [-0.15, -0.1) is 0 Å². The molecule has 6 heteroatoms. The second kappa shape index (κ2) is 5.95. The third-order valence-electron chi connectivity index (χ3n) is 3.66.